The van der Waals surface area contributed by atoms with Crippen molar-refractivity contribution in [2.24, 2.45) is 0 Å². The second-order valence-electron chi connectivity index (χ2n) is 3.88. The first-order chi connectivity index (χ1) is 9.54. The number of aromatic nitrogens is 2. The highest BCUT2D eigenvalue weighted by molar-refractivity contribution is 9.10. The highest BCUT2D eigenvalue weighted by atomic mass is 79.9. The molecule has 0 aliphatic carbocycles. The Labute approximate surface area is 121 Å². The van der Waals surface area contributed by atoms with Crippen molar-refractivity contribution in [2.45, 2.75) is 6.61 Å². The van der Waals surface area contributed by atoms with Crippen molar-refractivity contribution in [2.75, 3.05) is 7.11 Å². The maximum atomic E-state index is 11.8. The first-order valence-corrected chi connectivity index (χ1v) is 6.35. The van der Waals surface area contributed by atoms with Gasteiger partial charge in [-0.05, 0) is 22.0 Å². The average molecular weight is 340 g/mol. The molecule has 104 valence electrons. The third-order valence-corrected chi connectivity index (χ3v) is 3.39. The van der Waals surface area contributed by atoms with E-state index in [4.69, 9.17) is 4.74 Å². The van der Waals surface area contributed by atoms with Crippen LogP contribution in [0.4, 0.5) is 5.69 Å². The summed E-state index contributed by atoms with van der Waals surface area (Å²) < 4.78 is 5.20. The van der Waals surface area contributed by atoms with Gasteiger partial charge in [-0.2, -0.15) is 0 Å². The molecule has 2 aromatic rings. The number of hydrogen-bond acceptors (Lipinski definition) is 5. The predicted molar refractivity (Wildman–Crippen MR) is 75.4 cm³/mol. The van der Waals surface area contributed by atoms with E-state index in [1.54, 1.807) is 12.1 Å². The normalized spacial score (nSPS) is 10.5. The molecule has 0 bridgehead atoms. The molecule has 2 rings (SSSR count). The summed E-state index contributed by atoms with van der Waals surface area (Å²) in [4.78, 5) is 29.0. The molecule has 0 aliphatic heterocycles. The Balaban J connectivity index is 2.65. The minimum atomic E-state index is -0.520. The summed E-state index contributed by atoms with van der Waals surface area (Å²) in [5, 5.41) is 11.0. The number of halogens is 1. The molecule has 0 saturated heterocycles. The number of methoxy groups -OCH3 is 1. The van der Waals surface area contributed by atoms with Crippen LogP contribution in [0, 0.1) is 10.1 Å². The summed E-state index contributed by atoms with van der Waals surface area (Å²) in [6.45, 7) is 0.123. The third kappa shape index (κ3) is 2.75. The van der Waals surface area contributed by atoms with Gasteiger partial charge in [0.2, 0.25) is 0 Å². The van der Waals surface area contributed by atoms with Crippen molar-refractivity contribution in [3.63, 3.8) is 0 Å². The second kappa shape index (κ2) is 5.93. The van der Waals surface area contributed by atoms with Crippen LogP contribution in [0.3, 0.4) is 0 Å². The Hall–Kier alpha value is -2.06. The second-order valence-corrected chi connectivity index (χ2v) is 4.68. The van der Waals surface area contributed by atoms with E-state index in [1.807, 2.05) is 0 Å². The fraction of sp³-hybridized carbons (Fsp3) is 0.167. The number of para-hydroxylation sites is 1. The zero-order chi connectivity index (χ0) is 14.7. The number of nitro benzene ring substituents is 1. The Kier molecular flexibility index (Phi) is 4.26. The Morgan fingerprint density at radius 1 is 1.45 bits per heavy atom. The van der Waals surface area contributed by atoms with Gasteiger partial charge in [-0.25, -0.2) is 4.98 Å². The molecule has 8 heteroatoms. The van der Waals surface area contributed by atoms with E-state index >= 15 is 0 Å². The van der Waals surface area contributed by atoms with Gasteiger partial charge in [0, 0.05) is 13.2 Å². The maximum Gasteiger partial charge on any atom is 0.280 e. The largest absolute Gasteiger partial charge is 0.378 e. The zero-order valence-corrected chi connectivity index (χ0v) is 12.0. The lowest BCUT2D eigenvalue weighted by Crippen LogP contribution is -2.14. The lowest BCUT2D eigenvalue weighted by atomic mass is 10.1. The summed E-state index contributed by atoms with van der Waals surface area (Å²) in [5.74, 6) is 0.137. The molecule has 0 saturated carbocycles. The molecule has 0 atom stereocenters. The monoisotopic (exact) mass is 339 g/mol. The molecule has 0 radical (unpaired) electrons. The molecule has 1 N–H and O–H groups in total. The van der Waals surface area contributed by atoms with Crippen molar-refractivity contribution < 1.29 is 9.66 Å². The van der Waals surface area contributed by atoms with E-state index in [-0.39, 0.29) is 28.2 Å². The molecule has 0 fully saturated rings. The lowest BCUT2D eigenvalue weighted by Gasteiger charge is -2.06. The van der Waals surface area contributed by atoms with Gasteiger partial charge in [-0.3, -0.25) is 14.9 Å². The number of nitrogens with zero attached hydrogens (tertiary/aromatic N) is 2. The van der Waals surface area contributed by atoms with Gasteiger partial charge in [0.1, 0.15) is 10.3 Å². The Morgan fingerprint density at radius 3 is 2.80 bits per heavy atom. The maximum absolute atomic E-state index is 11.8. The van der Waals surface area contributed by atoms with Crippen molar-refractivity contribution >= 4 is 21.6 Å². The average Bonchev–Trinajstić information content (AvgIpc) is 2.43. The van der Waals surface area contributed by atoms with Gasteiger partial charge in [0.15, 0.2) is 0 Å². The van der Waals surface area contributed by atoms with Crippen LogP contribution in [0.15, 0.2) is 33.5 Å². The number of nitro groups is 1. The SMILES string of the molecule is COCc1nc(-c2ccccc2[N+](=O)[O-])[nH]c(=O)c1Br. The molecule has 1 aromatic heterocycles. The minimum absolute atomic E-state index is 0.123. The van der Waals surface area contributed by atoms with Crippen molar-refractivity contribution in [1.82, 2.24) is 9.97 Å². The predicted octanol–water partition coefficient (Wildman–Crippen LogP) is 2.25. The summed E-state index contributed by atoms with van der Waals surface area (Å²) in [6, 6.07) is 6.07. The fourth-order valence-electron chi connectivity index (χ4n) is 1.70. The van der Waals surface area contributed by atoms with Crippen LogP contribution in [0.5, 0.6) is 0 Å². The highest BCUT2D eigenvalue weighted by Crippen LogP contribution is 2.27. The van der Waals surface area contributed by atoms with Crippen LogP contribution in [-0.4, -0.2) is 22.0 Å². The molecular formula is C12H10BrN3O4. The summed E-state index contributed by atoms with van der Waals surface area (Å²) in [6.07, 6.45) is 0. The minimum Gasteiger partial charge on any atom is -0.378 e. The molecule has 1 aromatic carbocycles. The molecule has 1 heterocycles. The smallest absolute Gasteiger partial charge is 0.280 e. The van der Waals surface area contributed by atoms with E-state index in [1.165, 1.54) is 19.2 Å². The van der Waals surface area contributed by atoms with Crippen LogP contribution >= 0.6 is 15.9 Å². The summed E-state index contributed by atoms with van der Waals surface area (Å²) in [5.41, 5.74) is 0.0883. The Bertz CT molecular complexity index is 714. The number of benzene rings is 1. The molecule has 0 amide bonds. The number of H-pyrrole nitrogens is 1. The van der Waals surface area contributed by atoms with Gasteiger partial charge in [-0.15, -0.1) is 0 Å². The van der Waals surface area contributed by atoms with E-state index in [0.29, 0.717) is 5.69 Å². The summed E-state index contributed by atoms with van der Waals surface area (Å²) in [7, 11) is 1.47. The van der Waals surface area contributed by atoms with Gasteiger partial charge in [0.25, 0.3) is 11.2 Å². The molecule has 0 aliphatic rings. The highest BCUT2D eigenvalue weighted by Gasteiger charge is 2.18. The van der Waals surface area contributed by atoms with Crippen LogP contribution in [0.2, 0.25) is 0 Å². The molecule has 0 spiro atoms. The van der Waals surface area contributed by atoms with Gasteiger partial charge in [-0.1, -0.05) is 12.1 Å². The van der Waals surface area contributed by atoms with Crippen LogP contribution in [0.1, 0.15) is 5.69 Å². The standard InChI is InChI=1S/C12H10BrN3O4/c1-20-6-8-10(13)12(17)15-11(14-8)7-4-2-3-5-9(7)16(18)19/h2-5H,6H2,1H3,(H,14,15,17). The van der Waals surface area contributed by atoms with E-state index in [2.05, 4.69) is 25.9 Å². The fourth-order valence-corrected chi connectivity index (χ4v) is 2.00. The van der Waals surface area contributed by atoms with Crippen molar-refractivity contribution in [3.8, 4) is 11.4 Å². The van der Waals surface area contributed by atoms with E-state index in [0.717, 1.165) is 0 Å². The number of hydrogen-bond donors (Lipinski definition) is 1. The van der Waals surface area contributed by atoms with Crippen LogP contribution < -0.4 is 5.56 Å². The van der Waals surface area contributed by atoms with Crippen LogP contribution in [-0.2, 0) is 11.3 Å². The number of aromatic amines is 1. The quantitative estimate of drug-likeness (QED) is 0.680. The van der Waals surface area contributed by atoms with E-state index in [9.17, 15) is 14.9 Å². The first-order valence-electron chi connectivity index (χ1n) is 5.56. The number of ether oxygens (including phenoxy) is 1. The van der Waals surface area contributed by atoms with Gasteiger partial charge < -0.3 is 9.72 Å². The van der Waals surface area contributed by atoms with Crippen molar-refractivity contribution in [1.29, 1.82) is 0 Å². The Morgan fingerprint density at radius 2 is 2.15 bits per heavy atom. The third-order valence-electron chi connectivity index (χ3n) is 2.57. The molecule has 0 unspecified atom stereocenters. The lowest BCUT2D eigenvalue weighted by molar-refractivity contribution is -0.384. The van der Waals surface area contributed by atoms with Gasteiger partial charge >= 0.3 is 0 Å². The van der Waals surface area contributed by atoms with Crippen molar-refractivity contribution in [3.05, 3.63) is 54.9 Å². The molecule has 7 nitrogen and oxygen atoms in total. The van der Waals surface area contributed by atoms with Crippen LogP contribution in [0.25, 0.3) is 11.4 Å². The van der Waals surface area contributed by atoms with E-state index < -0.39 is 10.5 Å². The first kappa shape index (κ1) is 14.4. The topological polar surface area (TPSA) is 98.1 Å². The molecule has 20 heavy (non-hydrogen) atoms. The summed E-state index contributed by atoms with van der Waals surface area (Å²) >= 11 is 3.12. The molecular weight excluding hydrogens is 330 g/mol. The number of rotatable bonds is 4. The number of nitrogens with one attached hydrogen (secondary N) is 1. The zero-order valence-electron chi connectivity index (χ0n) is 10.4. The van der Waals surface area contributed by atoms with Gasteiger partial charge in [0.05, 0.1) is 22.8 Å².